The van der Waals surface area contributed by atoms with Crippen molar-refractivity contribution in [2.45, 2.75) is 63.6 Å². The largest absolute Gasteiger partial charge is 0.480 e. The molecule has 108 valence electrons. The average Bonchev–Trinajstić information content (AvgIpc) is 2.69. The molecule has 0 aromatic rings. The van der Waals surface area contributed by atoms with Crippen molar-refractivity contribution in [3.8, 4) is 0 Å². The minimum Gasteiger partial charge on any atom is -0.480 e. The first-order valence-corrected chi connectivity index (χ1v) is 7.25. The molecule has 5 heteroatoms. The lowest BCUT2D eigenvalue weighted by atomic mass is 9.89. The Hall–Kier alpha value is -1.10. The molecule has 3 unspecified atom stereocenters. The van der Waals surface area contributed by atoms with Crippen LogP contribution in [-0.4, -0.2) is 47.1 Å². The molecule has 0 radical (unpaired) electrons. The number of nitrogens with one attached hydrogen (secondary N) is 1. The van der Waals surface area contributed by atoms with Crippen LogP contribution < -0.4 is 5.32 Å². The number of fused-ring (bicyclic) bond motifs is 2. The van der Waals surface area contributed by atoms with Crippen LogP contribution in [0.4, 0.5) is 0 Å². The number of nitrogens with zero attached hydrogens (tertiary/aromatic N) is 1. The Bertz CT molecular complexity index is 347. The average molecular weight is 268 g/mol. The van der Waals surface area contributed by atoms with E-state index in [2.05, 4.69) is 5.32 Å². The smallest absolute Gasteiger partial charge is 0.326 e. The fourth-order valence-electron chi connectivity index (χ4n) is 3.52. The minimum atomic E-state index is -0.913. The summed E-state index contributed by atoms with van der Waals surface area (Å²) in [4.78, 5) is 24.7. The normalized spacial score (nSPS) is 30.9. The molecule has 2 aliphatic rings. The van der Waals surface area contributed by atoms with Gasteiger partial charge in [-0.25, -0.2) is 4.79 Å². The van der Waals surface area contributed by atoms with Gasteiger partial charge in [-0.15, -0.1) is 0 Å². The molecule has 2 bridgehead atoms. The molecule has 19 heavy (non-hydrogen) atoms. The predicted molar refractivity (Wildman–Crippen MR) is 71.8 cm³/mol. The van der Waals surface area contributed by atoms with Crippen molar-refractivity contribution in [3.63, 3.8) is 0 Å². The van der Waals surface area contributed by atoms with Crippen LogP contribution >= 0.6 is 0 Å². The zero-order valence-electron chi connectivity index (χ0n) is 11.8. The highest BCUT2D eigenvalue weighted by Crippen LogP contribution is 2.33. The summed E-state index contributed by atoms with van der Waals surface area (Å²) in [5.74, 6) is -0.524. The number of amides is 1. The summed E-state index contributed by atoms with van der Waals surface area (Å²) in [6.45, 7) is 1.80. The second-order valence-corrected chi connectivity index (χ2v) is 5.95. The van der Waals surface area contributed by atoms with Gasteiger partial charge in [0.25, 0.3) is 0 Å². The molecule has 0 spiro atoms. The predicted octanol–water partition coefficient (Wildman–Crippen LogP) is 1.23. The molecule has 0 saturated carbocycles. The van der Waals surface area contributed by atoms with Crippen molar-refractivity contribution in [1.82, 2.24) is 10.2 Å². The number of piperidine rings is 1. The van der Waals surface area contributed by atoms with Crippen molar-refractivity contribution in [3.05, 3.63) is 0 Å². The third-order valence-electron chi connectivity index (χ3n) is 4.57. The number of carbonyl (C=O) groups is 2. The van der Waals surface area contributed by atoms with E-state index in [1.54, 1.807) is 14.0 Å². The van der Waals surface area contributed by atoms with Gasteiger partial charge in [-0.3, -0.25) is 4.79 Å². The molecular weight excluding hydrogens is 244 g/mol. The van der Waals surface area contributed by atoms with Gasteiger partial charge in [0.15, 0.2) is 0 Å². The van der Waals surface area contributed by atoms with E-state index in [9.17, 15) is 9.59 Å². The van der Waals surface area contributed by atoms with Gasteiger partial charge in [0, 0.05) is 25.6 Å². The molecule has 2 N–H and O–H groups in total. The molecule has 2 rings (SSSR count). The van der Waals surface area contributed by atoms with E-state index in [0.717, 1.165) is 12.8 Å². The molecular formula is C14H24N2O3. The number of aliphatic carboxylic acids is 1. The Morgan fingerprint density at radius 1 is 1.32 bits per heavy atom. The Kier molecular flexibility index (Phi) is 4.45. The summed E-state index contributed by atoms with van der Waals surface area (Å²) in [5.41, 5.74) is 0. The number of likely N-dealkylation sites (N-methyl/N-ethyl adjacent to an activating group) is 1. The van der Waals surface area contributed by atoms with E-state index in [-0.39, 0.29) is 5.91 Å². The molecule has 2 saturated heterocycles. The highest BCUT2D eigenvalue weighted by Gasteiger charge is 2.35. The highest BCUT2D eigenvalue weighted by atomic mass is 16.4. The van der Waals surface area contributed by atoms with Crippen molar-refractivity contribution in [2.75, 3.05) is 7.05 Å². The van der Waals surface area contributed by atoms with Gasteiger partial charge in [0.05, 0.1) is 0 Å². The lowest BCUT2D eigenvalue weighted by Crippen LogP contribution is -2.44. The van der Waals surface area contributed by atoms with Crippen LogP contribution in [-0.2, 0) is 9.59 Å². The lowest BCUT2D eigenvalue weighted by Gasteiger charge is -2.31. The van der Waals surface area contributed by atoms with Gasteiger partial charge >= 0.3 is 5.97 Å². The van der Waals surface area contributed by atoms with E-state index < -0.39 is 12.0 Å². The Labute approximate surface area is 114 Å². The van der Waals surface area contributed by atoms with E-state index in [0.29, 0.717) is 30.8 Å². The second-order valence-electron chi connectivity index (χ2n) is 5.95. The molecule has 2 aliphatic heterocycles. The lowest BCUT2D eigenvalue weighted by molar-refractivity contribution is -0.149. The molecule has 1 amide bonds. The molecule has 0 aliphatic carbocycles. The topological polar surface area (TPSA) is 69.6 Å². The van der Waals surface area contributed by atoms with E-state index in [4.69, 9.17) is 5.11 Å². The standard InChI is InChI=1S/C14H24N2O3/c1-3-12(14(18)19)16(2)13(17)8-9-6-10-4-5-11(7-9)15-10/h9-12,15H,3-8H2,1-2H3,(H,18,19). The summed E-state index contributed by atoms with van der Waals surface area (Å²) < 4.78 is 0. The Morgan fingerprint density at radius 2 is 1.89 bits per heavy atom. The van der Waals surface area contributed by atoms with E-state index >= 15 is 0 Å². The summed E-state index contributed by atoms with van der Waals surface area (Å²) in [5, 5.41) is 12.6. The van der Waals surface area contributed by atoms with Crippen LogP contribution in [0.2, 0.25) is 0 Å². The Balaban J connectivity index is 1.88. The van der Waals surface area contributed by atoms with Gasteiger partial charge in [0.1, 0.15) is 6.04 Å². The summed E-state index contributed by atoms with van der Waals surface area (Å²) in [6, 6.07) is 0.456. The Morgan fingerprint density at radius 3 is 2.37 bits per heavy atom. The second kappa shape index (κ2) is 5.90. The van der Waals surface area contributed by atoms with Crippen LogP contribution in [0.1, 0.15) is 45.4 Å². The van der Waals surface area contributed by atoms with Crippen molar-refractivity contribution in [1.29, 1.82) is 0 Å². The third kappa shape index (κ3) is 3.26. The van der Waals surface area contributed by atoms with Crippen LogP contribution in [0.5, 0.6) is 0 Å². The van der Waals surface area contributed by atoms with Crippen LogP contribution in [0, 0.1) is 5.92 Å². The molecule has 0 aromatic heterocycles. The first-order valence-electron chi connectivity index (χ1n) is 7.25. The number of carboxylic acids is 1. The summed E-state index contributed by atoms with van der Waals surface area (Å²) in [7, 11) is 1.61. The molecule has 2 fully saturated rings. The first kappa shape index (κ1) is 14.3. The van der Waals surface area contributed by atoms with E-state index in [1.807, 2.05) is 0 Å². The third-order valence-corrected chi connectivity index (χ3v) is 4.57. The number of hydrogen-bond acceptors (Lipinski definition) is 3. The first-order chi connectivity index (χ1) is 9.01. The maximum absolute atomic E-state index is 12.2. The quantitative estimate of drug-likeness (QED) is 0.787. The van der Waals surface area contributed by atoms with Gasteiger partial charge in [-0.1, -0.05) is 6.92 Å². The maximum Gasteiger partial charge on any atom is 0.326 e. The van der Waals surface area contributed by atoms with Crippen LogP contribution in [0.15, 0.2) is 0 Å². The molecule has 0 aromatic carbocycles. The summed E-state index contributed by atoms with van der Waals surface area (Å²) >= 11 is 0. The maximum atomic E-state index is 12.2. The number of carboxylic acid groups (broad SMARTS) is 1. The molecule has 2 heterocycles. The monoisotopic (exact) mass is 268 g/mol. The molecule has 3 atom stereocenters. The SMILES string of the molecule is CCC(C(=O)O)N(C)C(=O)CC1CC2CCC(C1)N2. The zero-order valence-corrected chi connectivity index (χ0v) is 11.8. The van der Waals surface area contributed by atoms with Gasteiger partial charge in [-0.2, -0.15) is 0 Å². The minimum absolute atomic E-state index is 0.0273. The van der Waals surface area contributed by atoms with Crippen molar-refractivity contribution >= 4 is 11.9 Å². The number of hydrogen-bond donors (Lipinski definition) is 2. The fourth-order valence-corrected chi connectivity index (χ4v) is 3.52. The van der Waals surface area contributed by atoms with Crippen molar-refractivity contribution in [2.24, 2.45) is 5.92 Å². The molecule has 5 nitrogen and oxygen atoms in total. The number of rotatable bonds is 5. The van der Waals surface area contributed by atoms with Gasteiger partial charge in [0.2, 0.25) is 5.91 Å². The van der Waals surface area contributed by atoms with Gasteiger partial charge < -0.3 is 15.3 Å². The van der Waals surface area contributed by atoms with E-state index in [1.165, 1.54) is 17.7 Å². The van der Waals surface area contributed by atoms with Gasteiger partial charge in [-0.05, 0) is 38.0 Å². The van der Waals surface area contributed by atoms with Crippen molar-refractivity contribution < 1.29 is 14.7 Å². The number of carbonyl (C=O) groups excluding carboxylic acids is 1. The summed E-state index contributed by atoms with van der Waals surface area (Å²) in [6.07, 6.45) is 5.50. The zero-order chi connectivity index (χ0) is 14.0. The van der Waals surface area contributed by atoms with Crippen LogP contribution in [0.3, 0.4) is 0 Å². The highest BCUT2D eigenvalue weighted by molar-refractivity contribution is 5.83. The van der Waals surface area contributed by atoms with Crippen LogP contribution in [0.25, 0.3) is 0 Å². The fraction of sp³-hybridized carbons (Fsp3) is 0.857.